The highest BCUT2D eigenvalue weighted by atomic mass is 15.1. The Hall–Kier alpha value is -0.830. The first-order valence-corrected chi connectivity index (χ1v) is 4.57. The zero-order chi connectivity index (χ0) is 8.39. The van der Waals surface area contributed by atoms with E-state index in [1.165, 1.54) is 18.7 Å². The second-order valence-electron chi connectivity index (χ2n) is 3.36. The lowest BCUT2D eigenvalue weighted by molar-refractivity contribution is 0.616. The Morgan fingerprint density at radius 1 is 1.67 bits per heavy atom. The summed E-state index contributed by atoms with van der Waals surface area (Å²) in [5.41, 5.74) is 0. The lowest BCUT2D eigenvalue weighted by Gasteiger charge is -2.05. The number of rotatable bonds is 4. The van der Waals surface area contributed by atoms with Gasteiger partial charge in [0, 0.05) is 31.4 Å². The topological polar surface area (TPSA) is 29.9 Å². The van der Waals surface area contributed by atoms with Gasteiger partial charge < -0.3 is 9.88 Å². The van der Waals surface area contributed by atoms with E-state index >= 15 is 0 Å². The summed E-state index contributed by atoms with van der Waals surface area (Å²) in [4.78, 5) is 4.37. The lowest BCUT2D eigenvalue weighted by atomic mass is 10.4. The Labute approximate surface area is 72.8 Å². The van der Waals surface area contributed by atoms with Gasteiger partial charge in [-0.1, -0.05) is 0 Å². The van der Waals surface area contributed by atoms with E-state index in [9.17, 15) is 0 Å². The monoisotopic (exact) mass is 165 g/mol. The fraction of sp³-hybridized carbons (Fsp3) is 0.667. The van der Waals surface area contributed by atoms with Crippen molar-refractivity contribution in [3.8, 4) is 0 Å². The number of likely N-dealkylation sites (N-methyl/N-ethyl adjacent to an activating group) is 1. The van der Waals surface area contributed by atoms with Crippen LogP contribution < -0.4 is 5.32 Å². The first kappa shape index (κ1) is 7.80. The molecule has 12 heavy (non-hydrogen) atoms. The average Bonchev–Trinajstić information content (AvgIpc) is 2.83. The smallest absolute Gasteiger partial charge is 0.111 e. The molecule has 1 N–H and O–H groups in total. The third-order valence-electron chi connectivity index (χ3n) is 2.29. The molecule has 2 rings (SSSR count). The molecule has 0 radical (unpaired) electrons. The second kappa shape index (κ2) is 3.27. The summed E-state index contributed by atoms with van der Waals surface area (Å²) in [7, 11) is 1.98. The molecule has 0 unspecified atom stereocenters. The fourth-order valence-corrected chi connectivity index (χ4v) is 1.44. The van der Waals surface area contributed by atoms with Crippen LogP contribution in [0.2, 0.25) is 0 Å². The van der Waals surface area contributed by atoms with Crippen LogP contribution in [0, 0.1) is 0 Å². The highest BCUT2D eigenvalue weighted by molar-refractivity contribution is 5.07. The van der Waals surface area contributed by atoms with Crippen molar-refractivity contribution in [3.63, 3.8) is 0 Å². The zero-order valence-corrected chi connectivity index (χ0v) is 7.45. The highest BCUT2D eigenvalue weighted by Gasteiger charge is 2.27. The minimum atomic E-state index is 0.761. The minimum absolute atomic E-state index is 0.761. The molecule has 0 aromatic carbocycles. The van der Waals surface area contributed by atoms with Crippen molar-refractivity contribution < 1.29 is 0 Å². The summed E-state index contributed by atoms with van der Waals surface area (Å²) in [6.45, 7) is 2.07. The van der Waals surface area contributed by atoms with Crippen molar-refractivity contribution in [2.75, 3.05) is 13.6 Å². The Morgan fingerprint density at radius 3 is 3.17 bits per heavy atom. The Morgan fingerprint density at radius 2 is 2.50 bits per heavy atom. The van der Waals surface area contributed by atoms with Crippen molar-refractivity contribution in [1.82, 2.24) is 14.9 Å². The van der Waals surface area contributed by atoms with E-state index in [1.54, 1.807) is 0 Å². The maximum atomic E-state index is 4.37. The summed E-state index contributed by atoms with van der Waals surface area (Å²) in [6.07, 6.45) is 6.64. The van der Waals surface area contributed by atoms with Gasteiger partial charge in [0.05, 0.1) is 0 Å². The molecule has 0 amide bonds. The Balaban J connectivity index is 2.03. The molecule has 1 aromatic rings. The summed E-state index contributed by atoms with van der Waals surface area (Å²) >= 11 is 0. The molecular weight excluding hydrogens is 150 g/mol. The van der Waals surface area contributed by atoms with Gasteiger partial charge in [0.1, 0.15) is 5.82 Å². The summed E-state index contributed by atoms with van der Waals surface area (Å²) < 4.78 is 2.26. The van der Waals surface area contributed by atoms with Crippen LogP contribution in [0.5, 0.6) is 0 Å². The third-order valence-corrected chi connectivity index (χ3v) is 2.29. The van der Waals surface area contributed by atoms with Gasteiger partial charge in [-0.3, -0.25) is 0 Å². The number of nitrogens with one attached hydrogen (secondary N) is 1. The van der Waals surface area contributed by atoms with Gasteiger partial charge in [0.25, 0.3) is 0 Å². The molecule has 1 aliphatic rings. The molecule has 3 nitrogen and oxygen atoms in total. The predicted molar refractivity (Wildman–Crippen MR) is 48.1 cm³/mol. The van der Waals surface area contributed by atoms with Crippen LogP contribution in [0.3, 0.4) is 0 Å². The normalized spacial score (nSPS) is 16.8. The standard InChI is InChI=1S/C9H15N3/c1-10-4-6-12-7-5-11-9(12)8-2-3-8/h5,7-8,10H,2-4,6H2,1H3. The van der Waals surface area contributed by atoms with Crippen molar-refractivity contribution >= 4 is 0 Å². The second-order valence-corrected chi connectivity index (χ2v) is 3.36. The molecule has 1 heterocycles. The first-order valence-electron chi connectivity index (χ1n) is 4.57. The Bertz CT molecular complexity index is 250. The van der Waals surface area contributed by atoms with Crippen LogP contribution in [0.4, 0.5) is 0 Å². The molecule has 1 aromatic heterocycles. The Kier molecular flexibility index (Phi) is 2.13. The van der Waals surface area contributed by atoms with Crippen molar-refractivity contribution in [3.05, 3.63) is 18.2 Å². The molecule has 1 fully saturated rings. The van der Waals surface area contributed by atoms with Crippen molar-refractivity contribution in [2.45, 2.75) is 25.3 Å². The van der Waals surface area contributed by atoms with Gasteiger partial charge in [0.2, 0.25) is 0 Å². The minimum Gasteiger partial charge on any atom is -0.333 e. The van der Waals surface area contributed by atoms with Gasteiger partial charge in [0.15, 0.2) is 0 Å². The van der Waals surface area contributed by atoms with E-state index in [4.69, 9.17) is 0 Å². The van der Waals surface area contributed by atoms with Crippen molar-refractivity contribution in [1.29, 1.82) is 0 Å². The van der Waals surface area contributed by atoms with E-state index in [2.05, 4.69) is 21.1 Å². The van der Waals surface area contributed by atoms with E-state index in [0.717, 1.165) is 19.0 Å². The third kappa shape index (κ3) is 1.50. The lowest BCUT2D eigenvalue weighted by Crippen LogP contribution is -2.15. The fourth-order valence-electron chi connectivity index (χ4n) is 1.44. The molecule has 3 heteroatoms. The van der Waals surface area contributed by atoms with Crippen LogP contribution in [-0.4, -0.2) is 23.1 Å². The van der Waals surface area contributed by atoms with Gasteiger partial charge in [-0.25, -0.2) is 4.98 Å². The van der Waals surface area contributed by atoms with Gasteiger partial charge >= 0.3 is 0 Å². The number of aromatic nitrogens is 2. The van der Waals surface area contributed by atoms with Crippen LogP contribution in [0.25, 0.3) is 0 Å². The molecule has 1 aliphatic carbocycles. The molecule has 0 aliphatic heterocycles. The summed E-state index contributed by atoms with van der Waals surface area (Å²) in [5, 5.41) is 3.14. The van der Waals surface area contributed by atoms with Gasteiger partial charge in [-0.05, 0) is 19.9 Å². The average molecular weight is 165 g/mol. The van der Waals surface area contributed by atoms with E-state index in [0.29, 0.717) is 0 Å². The predicted octanol–water partition coefficient (Wildman–Crippen LogP) is 0.980. The zero-order valence-electron chi connectivity index (χ0n) is 7.45. The van der Waals surface area contributed by atoms with Gasteiger partial charge in [-0.2, -0.15) is 0 Å². The molecular formula is C9H15N3. The van der Waals surface area contributed by atoms with Crippen LogP contribution >= 0.6 is 0 Å². The van der Waals surface area contributed by atoms with Gasteiger partial charge in [-0.15, -0.1) is 0 Å². The molecule has 66 valence electrons. The van der Waals surface area contributed by atoms with Crippen LogP contribution in [-0.2, 0) is 6.54 Å². The molecule has 0 spiro atoms. The van der Waals surface area contributed by atoms with E-state index < -0.39 is 0 Å². The maximum Gasteiger partial charge on any atom is 0.111 e. The first-order chi connectivity index (χ1) is 5.92. The number of nitrogens with zero attached hydrogens (tertiary/aromatic N) is 2. The van der Waals surface area contributed by atoms with Crippen LogP contribution in [0.1, 0.15) is 24.6 Å². The summed E-state index contributed by atoms with van der Waals surface area (Å²) in [6, 6.07) is 0. The maximum absolute atomic E-state index is 4.37. The largest absolute Gasteiger partial charge is 0.333 e. The van der Waals surface area contributed by atoms with Crippen LogP contribution in [0.15, 0.2) is 12.4 Å². The molecule has 1 saturated carbocycles. The summed E-state index contributed by atoms with van der Waals surface area (Å²) in [5.74, 6) is 2.04. The number of imidazole rings is 1. The highest BCUT2D eigenvalue weighted by Crippen LogP contribution is 2.38. The molecule has 0 saturated heterocycles. The number of hydrogen-bond acceptors (Lipinski definition) is 2. The number of hydrogen-bond donors (Lipinski definition) is 1. The molecule has 0 atom stereocenters. The quantitative estimate of drug-likeness (QED) is 0.720. The van der Waals surface area contributed by atoms with E-state index in [1.807, 2.05) is 13.2 Å². The van der Waals surface area contributed by atoms with E-state index in [-0.39, 0.29) is 0 Å². The molecule has 0 bridgehead atoms. The van der Waals surface area contributed by atoms with Crippen molar-refractivity contribution in [2.24, 2.45) is 0 Å². The SMILES string of the molecule is CNCCn1ccnc1C1CC1.